The standard InChI is InChI=1S/C21H23N3O/c22-15-11-12-18-17(13-15)19(21(25)24-18)20(14-7-3-1-4-8-14)23-16-9-5-2-6-10-16/h1,3-4,7-8,11-13,16,23H,2,5-6,9-10,22H2,(H,24,25). The normalized spacial score (nSPS) is 19.3. The molecular formula is C21H23N3O. The Labute approximate surface area is 148 Å². The number of nitrogens with two attached hydrogens (primary N) is 1. The Morgan fingerprint density at radius 1 is 1.04 bits per heavy atom. The van der Waals surface area contributed by atoms with Gasteiger partial charge in [-0.3, -0.25) is 4.79 Å². The van der Waals surface area contributed by atoms with Gasteiger partial charge in [0.15, 0.2) is 0 Å². The summed E-state index contributed by atoms with van der Waals surface area (Å²) in [6.45, 7) is 0. The van der Waals surface area contributed by atoms with Gasteiger partial charge in [0.25, 0.3) is 5.91 Å². The number of fused-ring (bicyclic) bond motifs is 1. The Morgan fingerprint density at radius 2 is 1.80 bits per heavy atom. The van der Waals surface area contributed by atoms with Crippen LogP contribution in [0.3, 0.4) is 0 Å². The van der Waals surface area contributed by atoms with Crippen molar-refractivity contribution in [1.82, 2.24) is 5.32 Å². The molecule has 1 aliphatic heterocycles. The Balaban J connectivity index is 1.83. The van der Waals surface area contributed by atoms with Gasteiger partial charge in [-0.15, -0.1) is 0 Å². The second-order valence-corrected chi connectivity index (χ2v) is 6.85. The van der Waals surface area contributed by atoms with Crippen molar-refractivity contribution in [1.29, 1.82) is 0 Å². The Bertz CT molecular complexity index is 820. The third kappa shape index (κ3) is 3.12. The van der Waals surface area contributed by atoms with Crippen LogP contribution in [0.2, 0.25) is 0 Å². The summed E-state index contributed by atoms with van der Waals surface area (Å²) >= 11 is 0. The summed E-state index contributed by atoms with van der Waals surface area (Å²) in [5, 5.41) is 6.65. The maximum absolute atomic E-state index is 12.7. The highest BCUT2D eigenvalue weighted by atomic mass is 16.2. The number of anilines is 2. The number of nitrogens with one attached hydrogen (secondary N) is 2. The van der Waals surface area contributed by atoms with E-state index >= 15 is 0 Å². The molecule has 4 N–H and O–H groups in total. The largest absolute Gasteiger partial charge is 0.399 e. The summed E-state index contributed by atoms with van der Waals surface area (Å²) in [7, 11) is 0. The number of rotatable bonds is 3. The minimum Gasteiger partial charge on any atom is -0.399 e. The molecule has 0 saturated heterocycles. The average Bonchev–Trinajstić information content (AvgIpc) is 2.96. The van der Waals surface area contributed by atoms with E-state index in [1.165, 1.54) is 19.3 Å². The SMILES string of the molecule is Nc1ccc2c(c1)C(=C(NC1CCCCC1)c1ccccc1)C(=O)N2. The lowest BCUT2D eigenvalue weighted by Crippen LogP contribution is -2.31. The summed E-state index contributed by atoms with van der Waals surface area (Å²) in [5.41, 5.74) is 11.0. The fourth-order valence-electron chi connectivity index (χ4n) is 3.79. The topological polar surface area (TPSA) is 67.1 Å². The van der Waals surface area contributed by atoms with E-state index in [9.17, 15) is 4.79 Å². The number of carbonyl (C=O) groups excluding carboxylic acids is 1. The van der Waals surface area contributed by atoms with Gasteiger partial charge in [-0.1, -0.05) is 49.6 Å². The number of amides is 1. The smallest absolute Gasteiger partial charge is 0.258 e. The highest BCUT2D eigenvalue weighted by molar-refractivity contribution is 6.36. The van der Waals surface area contributed by atoms with Gasteiger partial charge in [0.1, 0.15) is 0 Å². The van der Waals surface area contributed by atoms with E-state index in [1.54, 1.807) is 0 Å². The van der Waals surface area contributed by atoms with Crippen LogP contribution in [0.15, 0.2) is 48.5 Å². The van der Waals surface area contributed by atoms with Gasteiger partial charge in [-0.25, -0.2) is 0 Å². The molecule has 4 nitrogen and oxygen atoms in total. The van der Waals surface area contributed by atoms with Gasteiger partial charge in [-0.2, -0.15) is 0 Å². The molecule has 2 aromatic carbocycles. The summed E-state index contributed by atoms with van der Waals surface area (Å²) < 4.78 is 0. The van der Waals surface area contributed by atoms with Crippen LogP contribution in [0.4, 0.5) is 11.4 Å². The molecule has 25 heavy (non-hydrogen) atoms. The van der Waals surface area contributed by atoms with Crippen molar-refractivity contribution in [3.8, 4) is 0 Å². The van der Waals surface area contributed by atoms with Crippen LogP contribution >= 0.6 is 0 Å². The van der Waals surface area contributed by atoms with Crippen LogP contribution < -0.4 is 16.4 Å². The van der Waals surface area contributed by atoms with E-state index in [0.717, 1.165) is 35.4 Å². The molecule has 0 atom stereocenters. The number of hydrogen-bond acceptors (Lipinski definition) is 3. The van der Waals surface area contributed by atoms with Crippen LogP contribution in [-0.2, 0) is 4.79 Å². The highest BCUT2D eigenvalue weighted by Gasteiger charge is 2.29. The van der Waals surface area contributed by atoms with E-state index in [4.69, 9.17) is 5.73 Å². The third-order valence-corrected chi connectivity index (χ3v) is 5.05. The number of carbonyl (C=O) groups is 1. The van der Waals surface area contributed by atoms with Crippen molar-refractivity contribution in [2.24, 2.45) is 0 Å². The quantitative estimate of drug-likeness (QED) is 0.587. The second-order valence-electron chi connectivity index (χ2n) is 6.85. The zero-order valence-corrected chi connectivity index (χ0v) is 14.2. The molecular weight excluding hydrogens is 310 g/mol. The minimum atomic E-state index is -0.0669. The third-order valence-electron chi connectivity index (χ3n) is 5.05. The molecule has 1 amide bonds. The Hall–Kier alpha value is -2.75. The van der Waals surface area contributed by atoms with Gasteiger partial charge >= 0.3 is 0 Å². The monoisotopic (exact) mass is 333 g/mol. The van der Waals surface area contributed by atoms with Crippen LogP contribution in [0.5, 0.6) is 0 Å². The molecule has 1 fully saturated rings. The van der Waals surface area contributed by atoms with E-state index < -0.39 is 0 Å². The van der Waals surface area contributed by atoms with Crippen molar-refractivity contribution >= 4 is 28.6 Å². The van der Waals surface area contributed by atoms with E-state index in [0.29, 0.717) is 17.3 Å². The van der Waals surface area contributed by atoms with E-state index in [2.05, 4.69) is 22.8 Å². The van der Waals surface area contributed by atoms with Crippen molar-refractivity contribution in [3.63, 3.8) is 0 Å². The molecule has 1 aliphatic carbocycles. The van der Waals surface area contributed by atoms with Gasteiger partial charge in [0, 0.05) is 23.0 Å². The van der Waals surface area contributed by atoms with Crippen LogP contribution in [0.1, 0.15) is 43.2 Å². The summed E-state index contributed by atoms with van der Waals surface area (Å²) in [6, 6.07) is 16.1. The van der Waals surface area contributed by atoms with E-state index in [1.807, 2.05) is 36.4 Å². The molecule has 4 rings (SSSR count). The molecule has 0 aromatic heterocycles. The predicted molar refractivity (Wildman–Crippen MR) is 103 cm³/mol. The van der Waals surface area contributed by atoms with Crippen LogP contribution in [0.25, 0.3) is 11.3 Å². The number of nitrogen functional groups attached to an aromatic ring is 1. The molecule has 0 bridgehead atoms. The number of benzene rings is 2. The first-order valence-corrected chi connectivity index (χ1v) is 9.00. The zero-order chi connectivity index (χ0) is 17.2. The van der Waals surface area contributed by atoms with Gasteiger partial charge in [0.2, 0.25) is 0 Å². The highest BCUT2D eigenvalue weighted by Crippen LogP contribution is 2.37. The predicted octanol–water partition coefficient (Wildman–Crippen LogP) is 4.01. The summed E-state index contributed by atoms with van der Waals surface area (Å²) in [5.74, 6) is -0.0669. The van der Waals surface area contributed by atoms with Crippen molar-refractivity contribution < 1.29 is 4.79 Å². The Morgan fingerprint density at radius 3 is 2.56 bits per heavy atom. The number of hydrogen-bond donors (Lipinski definition) is 3. The molecule has 1 heterocycles. The van der Waals surface area contributed by atoms with Crippen LogP contribution in [0, 0.1) is 0 Å². The zero-order valence-electron chi connectivity index (χ0n) is 14.2. The maximum Gasteiger partial charge on any atom is 0.258 e. The summed E-state index contributed by atoms with van der Waals surface area (Å²) in [6.07, 6.45) is 6.08. The summed E-state index contributed by atoms with van der Waals surface area (Å²) in [4.78, 5) is 12.7. The lowest BCUT2D eigenvalue weighted by atomic mass is 9.93. The molecule has 0 unspecified atom stereocenters. The van der Waals surface area contributed by atoms with Crippen LogP contribution in [-0.4, -0.2) is 11.9 Å². The first-order valence-electron chi connectivity index (χ1n) is 9.00. The lowest BCUT2D eigenvalue weighted by Gasteiger charge is -2.26. The first kappa shape index (κ1) is 15.8. The maximum atomic E-state index is 12.7. The molecule has 1 saturated carbocycles. The van der Waals surface area contributed by atoms with Gasteiger partial charge < -0.3 is 16.4 Å². The van der Waals surface area contributed by atoms with Gasteiger partial charge in [-0.05, 0) is 36.6 Å². The van der Waals surface area contributed by atoms with Gasteiger partial charge in [0.05, 0.1) is 11.3 Å². The molecule has 0 radical (unpaired) electrons. The minimum absolute atomic E-state index is 0.0669. The van der Waals surface area contributed by atoms with Crippen molar-refractivity contribution in [2.45, 2.75) is 38.1 Å². The van der Waals surface area contributed by atoms with Crippen molar-refractivity contribution in [2.75, 3.05) is 11.1 Å². The fraction of sp³-hybridized carbons (Fsp3) is 0.286. The molecule has 128 valence electrons. The molecule has 2 aromatic rings. The lowest BCUT2D eigenvalue weighted by molar-refractivity contribution is -0.110. The average molecular weight is 333 g/mol. The Kier molecular flexibility index (Phi) is 4.18. The first-order chi connectivity index (χ1) is 12.2. The molecule has 2 aliphatic rings. The van der Waals surface area contributed by atoms with E-state index in [-0.39, 0.29) is 5.91 Å². The molecule has 4 heteroatoms. The molecule has 0 spiro atoms. The van der Waals surface area contributed by atoms with Crippen molar-refractivity contribution in [3.05, 3.63) is 59.7 Å². The second kappa shape index (κ2) is 6.63. The fourth-order valence-corrected chi connectivity index (χ4v) is 3.79.